The summed E-state index contributed by atoms with van der Waals surface area (Å²) in [7, 11) is 0. The molecule has 2 saturated carbocycles. The van der Waals surface area contributed by atoms with Crippen molar-refractivity contribution in [1.29, 1.82) is 0 Å². The van der Waals surface area contributed by atoms with Crippen LogP contribution in [0.25, 0.3) is 0 Å². The molecule has 3 N–H and O–H groups in total. The zero-order valence-corrected chi connectivity index (χ0v) is 10.8. The molecule has 0 aromatic heterocycles. The van der Waals surface area contributed by atoms with Gasteiger partial charge in [0.25, 0.3) is 0 Å². The van der Waals surface area contributed by atoms with Crippen molar-refractivity contribution in [1.82, 2.24) is 5.32 Å². The molecule has 0 heterocycles. The van der Waals surface area contributed by atoms with Gasteiger partial charge in [-0.3, -0.25) is 0 Å². The summed E-state index contributed by atoms with van der Waals surface area (Å²) in [6, 6.07) is 0.205. The molecule has 2 unspecified atom stereocenters. The second-order valence-electron chi connectivity index (χ2n) is 5.98. The molecule has 17 heavy (non-hydrogen) atoms. The smallest absolute Gasteiger partial charge is 0.0771 e. The first-order valence-electron chi connectivity index (χ1n) is 7.33. The highest BCUT2D eigenvalue weighted by Crippen LogP contribution is 2.27. The van der Waals surface area contributed by atoms with Crippen LogP contribution >= 0.6 is 0 Å². The maximum absolute atomic E-state index is 10.5. The summed E-state index contributed by atoms with van der Waals surface area (Å²) in [5.74, 6) is 0. The Hall–Kier alpha value is -0.120. The van der Waals surface area contributed by atoms with Gasteiger partial charge in [0.2, 0.25) is 0 Å². The van der Waals surface area contributed by atoms with Gasteiger partial charge < -0.3 is 15.5 Å². The average molecular weight is 241 g/mol. The summed E-state index contributed by atoms with van der Waals surface area (Å²) in [4.78, 5) is 0. The van der Waals surface area contributed by atoms with E-state index in [1.165, 1.54) is 19.3 Å². The van der Waals surface area contributed by atoms with Crippen LogP contribution in [0.4, 0.5) is 0 Å². The van der Waals surface area contributed by atoms with Gasteiger partial charge in [0, 0.05) is 12.6 Å². The van der Waals surface area contributed by atoms with Crippen LogP contribution in [0.15, 0.2) is 0 Å². The Morgan fingerprint density at radius 1 is 0.941 bits per heavy atom. The van der Waals surface area contributed by atoms with E-state index in [1.807, 2.05) is 0 Å². The molecule has 2 rings (SSSR count). The maximum Gasteiger partial charge on any atom is 0.0771 e. The van der Waals surface area contributed by atoms with Crippen LogP contribution in [-0.2, 0) is 0 Å². The molecule has 3 heteroatoms. The van der Waals surface area contributed by atoms with Gasteiger partial charge in [-0.2, -0.15) is 0 Å². The molecular weight excluding hydrogens is 214 g/mol. The lowest BCUT2D eigenvalue weighted by Gasteiger charge is -2.33. The van der Waals surface area contributed by atoms with E-state index in [2.05, 4.69) is 5.32 Å². The summed E-state index contributed by atoms with van der Waals surface area (Å²) in [5, 5.41) is 23.8. The lowest BCUT2D eigenvalue weighted by molar-refractivity contribution is 0.0113. The van der Waals surface area contributed by atoms with E-state index in [4.69, 9.17) is 0 Å². The highest BCUT2D eigenvalue weighted by Gasteiger charge is 2.30. The largest absolute Gasteiger partial charge is 0.392 e. The van der Waals surface area contributed by atoms with Crippen LogP contribution in [0.2, 0.25) is 0 Å². The van der Waals surface area contributed by atoms with E-state index >= 15 is 0 Å². The van der Waals surface area contributed by atoms with Gasteiger partial charge in [0.05, 0.1) is 11.7 Å². The normalized spacial score (nSPS) is 34.2. The van der Waals surface area contributed by atoms with Gasteiger partial charge in [-0.25, -0.2) is 0 Å². The van der Waals surface area contributed by atoms with E-state index in [0.717, 1.165) is 44.9 Å². The highest BCUT2D eigenvalue weighted by molar-refractivity contribution is 4.87. The number of rotatable bonds is 3. The van der Waals surface area contributed by atoms with Gasteiger partial charge in [-0.15, -0.1) is 0 Å². The van der Waals surface area contributed by atoms with Crippen molar-refractivity contribution in [2.24, 2.45) is 0 Å². The molecule has 2 aliphatic carbocycles. The van der Waals surface area contributed by atoms with E-state index < -0.39 is 5.60 Å². The molecular formula is C14H27NO2. The first-order valence-corrected chi connectivity index (χ1v) is 7.33. The Morgan fingerprint density at radius 2 is 1.59 bits per heavy atom. The summed E-state index contributed by atoms with van der Waals surface area (Å²) < 4.78 is 0. The van der Waals surface area contributed by atoms with E-state index in [-0.39, 0.29) is 12.1 Å². The van der Waals surface area contributed by atoms with Crippen molar-refractivity contribution in [3.05, 3.63) is 0 Å². The minimum Gasteiger partial charge on any atom is -0.392 e. The summed E-state index contributed by atoms with van der Waals surface area (Å²) in [5.41, 5.74) is -0.520. The quantitative estimate of drug-likeness (QED) is 0.662. The van der Waals surface area contributed by atoms with Crippen molar-refractivity contribution in [2.45, 2.75) is 82.0 Å². The second kappa shape index (κ2) is 6.17. The minimum absolute atomic E-state index is 0.205. The fraction of sp³-hybridized carbons (Fsp3) is 1.00. The van der Waals surface area contributed by atoms with Crippen LogP contribution in [-0.4, -0.2) is 34.5 Å². The Morgan fingerprint density at radius 3 is 2.24 bits per heavy atom. The predicted molar refractivity (Wildman–Crippen MR) is 68.9 cm³/mol. The molecule has 0 saturated heterocycles. The summed E-state index contributed by atoms with van der Waals surface area (Å²) in [6.07, 6.45) is 10.7. The van der Waals surface area contributed by atoms with Crippen LogP contribution < -0.4 is 5.32 Å². The molecule has 0 bridgehead atoms. The van der Waals surface area contributed by atoms with Gasteiger partial charge in [-0.05, 0) is 25.7 Å². The number of hydrogen-bond donors (Lipinski definition) is 3. The number of hydrogen-bond acceptors (Lipinski definition) is 3. The monoisotopic (exact) mass is 241 g/mol. The molecule has 0 aromatic rings. The topological polar surface area (TPSA) is 52.5 Å². The third kappa shape index (κ3) is 3.94. The molecule has 2 aliphatic rings. The van der Waals surface area contributed by atoms with Crippen LogP contribution in [0.3, 0.4) is 0 Å². The minimum atomic E-state index is -0.520. The molecule has 2 atom stereocenters. The number of nitrogens with one attached hydrogen (secondary N) is 1. The van der Waals surface area contributed by atoms with Gasteiger partial charge in [0.15, 0.2) is 0 Å². The molecule has 0 radical (unpaired) electrons. The predicted octanol–water partition coefficient (Wildman–Crippen LogP) is 1.96. The average Bonchev–Trinajstić information content (AvgIpc) is 2.54. The second-order valence-corrected chi connectivity index (χ2v) is 5.98. The lowest BCUT2D eigenvalue weighted by atomic mass is 9.90. The third-order valence-electron chi connectivity index (χ3n) is 4.46. The van der Waals surface area contributed by atoms with Crippen molar-refractivity contribution >= 4 is 0 Å². The zero-order chi connectivity index (χ0) is 12.1. The van der Waals surface area contributed by atoms with Crippen molar-refractivity contribution in [3.8, 4) is 0 Å². The van der Waals surface area contributed by atoms with E-state index in [1.54, 1.807) is 0 Å². The van der Waals surface area contributed by atoms with Crippen molar-refractivity contribution in [2.75, 3.05) is 6.54 Å². The summed E-state index contributed by atoms with van der Waals surface area (Å²) in [6.45, 7) is 0.661. The lowest BCUT2D eigenvalue weighted by Crippen LogP contribution is -2.49. The first-order chi connectivity index (χ1) is 8.20. The van der Waals surface area contributed by atoms with Crippen molar-refractivity contribution < 1.29 is 10.2 Å². The SMILES string of the molecule is OC1CCCCC1NCC1(O)CCCCCC1. The fourth-order valence-electron chi connectivity index (χ4n) is 3.23. The number of aliphatic hydroxyl groups excluding tert-OH is 1. The third-order valence-corrected chi connectivity index (χ3v) is 4.46. The molecule has 100 valence electrons. The Labute approximate surface area is 105 Å². The molecule has 2 fully saturated rings. The molecule has 0 aromatic carbocycles. The standard InChI is InChI=1S/C14H27NO2/c16-13-8-4-3-7-12(13)15-11-14(17)9-5-1-2-6-10-14/h12-13,15-17H,1-11H2. The molecule has 3 nitrogen and oxygen atoms in total. The fourth-order valence-corrected chi connectivity index (χ4v) is 3.23. The van der Waals surface area contributed by atoms with Gasteiger partial charge >= 0.3 is 0 Å². The molecule has 0 spiro atoms. The van der Waals surface area contributed by atoms with E-state index in [0.29, 0.717) is 6.54 Å². The Bertz CT molecular complexity index is 224. The number of aliphatic hydroxyl groups is 2. The Kier molecular flexibility index (Phi) is 4.83. The van der Waals surface area contributed by atoms with Crippen LogP contribution in [0, 0.1) is 0 Å². The van der Waals surface area contributed by atoms with Gasteiger partial charge in [0.1, 0.15) is 0 Å². The van der Waals surface area contributed by atoms with Crippen molar-refractivity contribution in [3.63, 3.8) is 0 Å². The Balaban J connectivity index is 1.79. The molecule has 0 amide bonds. The molecule has 0 aliphatic heterocycles. The maximum atomic E-state index is 10.5. The van der Waals surface area contributed by atoms with E-state index in [9.17, 15) is 10.2 Å². The summed E-state index contributed by atoms with van der Waals surface area (Å²) >= 11 is 0. The first kappa shape index (κ1) is 13.3. The highest BCUT2D eigenvalue weighted by atomic mass is 16.3. The van der Waals surface area contributed by atoms with Gasteiger partial charge in [-0.1, -0.05) is 38.5 Å². The zero-order valence-electron chi connectivity index (χ0n) is 10.8. The van der Waals surface area contributed by atoms with Crippen LogP contribution in [0.1, 0.15) is 64.2 Å². The van der Waals surface area contributed by atoms with Crippen LogP contribution in [0.5, 0.6) is 0 Å².